The molecular weight excluding hydrogens is 622 g/mol. The number of hydrogen-bond acceptors (Lipinski definition) is 7. The largest absolute Gasteiger partial charge is 0.455 e. The minimum absolute atomic E-state index is 0.100. The minimum Gasteiger partial charge on any atom is -0.455 e. The molecule has 2 aromatic carbocycles. The fraction of sp³-hybridized carbons (Fsp3) is 0.487. The Balaban J connectivity index is 1.42. The number of likely N-dealkylation sites (tertiary alicyclic amines) is 1. The van der Waals surface area contributed by atoms with Gasteiger partial charge < -0.3 is 29.7 Å². The van der Waals surface area contributed by atoms with E-state index in [1.807, 2.05) is 80.6 Å². The summed E-state index contributed by atoms with van der Waals surface area (Å²) in [5, 5.41) is 12.3. The number of nitrogens with one attached hydrogen (secondary N) is 1. The molecule has 10 heteroatoms. The summed E-state index contributed by atoms with van der Waals surface area (Å²) < 4.78 is 13.1. The van der Waals surface area contributed by atoms with Crippen LogP contribution in [0.1, 0.15) is 68.2 Å². The number of nitrogens with zero attached hydrogens (tertiary/aromatic N) is 2. The summed E-state index contributed by atoms with van der Waals surface area (Å²) >= 11 is 0. The minimum atomic E-state index is -1.41. The van der Waals surface area contributed by atoms with Crippen LogP contribution in [0.15, 0.2) is 72.8 Å². The topological polar surface area (TPSA) is 125 Å². The van der Waals surface area contributed by atoms with Gasteiger partial charge in [-0.05, 0) is 56.7 Å². The van der Waals surface area contributed by atoms with E-state index >= 15 is 0 Å². The Morgan fingerprint density at radius 3 is 2.39 bits per heavy atom. The molecular formula is C39H47N3O7. The Bertz CT molecular complexity index is 1600. The lowest BCUT2D eigenvalue weighted by Crippen LogP contribution is -2.55. The summed E-state index contributed by atoms with van der Waals surface area (Å²) in [6.07, 6.45) is 9.16. The number of fused-ring (bicyclic) bond motifs is 2. The van der Waals surface area contributed by atoms with Gasteiger partial charge in [0.05, 0.1) is 18.1 Å². The predicted molar refractivity (Wildman–Crippen MR) is 184 cm³/mol. The van der Waals surface area contributed by atoms with Crippen LogP contribution < -0.4 is 10.2 Å². The average molecular weight is 670 g/mol. The van der Waals surface area contributed by atoms with Gasteiger partial charge in [0.15, 0.2) is 0 Å². The maximum Gasteiger partial charge on any atom is 0.313 e. The summed E-state index contributed by atoms with van der Waals surface area (Å²) in [5.74, 6) is -3.36. The van der Waals surface area contributed by atoms with Crippen molar-refractivity contribution in [2.75, 3.05) is 24.6 Å². The molecule has 2 aromatic rings. The molecule has 7 atom stereocenters. The number of carbonyl (C=O) groups excluding carboxylic acids is 4. The first-order chi connectivity index (χ1) is 23.7. The second-order valence-corrected chi connectivity index (χ2v) is 13.7. The highest BCUT2D eigenvalue weighted by Gasteiger charge is 2.71. The van der Waals surface area contributed by atoms with Crippen LogP contribution in [0.3, 0.4) is 0 Å². The molecule has 0 aromatic heterocycles. The third kappa shape index (κ3) is 6.56. The highest BCUT2D eigenvalue weighted by Crippen LogP contribution is 2.53. The Morgan fingerprint density at radius 1 is 0.918 bits per heavy atom. The van der Waals surface area contributed by atoms with Crippen LogP contribution in [0.25, 0.3) is 0 Å². The van der Waals surface area contributed by atoms with Crippen LogP contribution in [0.5, 0.6) is 0 Å². The van der Waals surface area contributed by atoms with Gasteiger partial charge in [0.2, 0.25) is 11.8 Å². The Morgan fingerprint density at radius 2 is 1.65 bits per heavy atom. The van der Waals surface area contributed by atoms with Crippen molar-refractivity contribution in [3.8, 4) is 0 Å². The summed E-state index contributed by atoms with van der Waals surface area (Å²) in [7, 11) is 0. The lowest BCUT2D eigenvalue weighted by Gasteiger charge is -2.36. The van der Waals surface area contributed by atoms with Crippen LogP contribution in [0.2, 0.25) is 0 Å². The van der Waals surface area contributed by atoms with Gasteiger partial charge in [-0.2, -0.15) is 0 Å². The van der Waals surface area contributed by atoms with Gasteiger partial charge in [-0.3, -0.25) is 19.2 Å². The number of aryl methyl sites for hydroxylation is 2. The molecule has 0 radical (unpaired) electrons. The van der Waals surface area contributed by atoms with Crippen LogP contribution in [0, 0.1) is 25.7 Å². The van der Waals surface area contributed by atoms with Gasteiger partial charge in [0.1, 0.15) is 23.7 Å². The zero-order valence-electron chi connectivity index (χ0n) is 28.5. The van der Waals surface area contributed by atoms with Crippen LogP contribution in [-0.2, 0) is 28.7 Å². The van der Waals surface area contributed by atoms with E-state index in [0.29, 0.717) is 25.8 Å². The molecule has 0 saturated carbocycles. The summed E-state index contributed by atoms with van der Waals surface area (Å²) in [4.78, 5) is 60.3. The first-order valence-corrected chi connectivity index (χ1v) is 17.5. The van der Waals surface area contributed by atoms with Crippen LogP contribution >= 0.6 is 0 Å². The Labute approximate surface area is 288 Å². The quantitative estimate of drug-likeness (QED) is 0.241. The number of anilines is 1. The van der Waals surface area contributed by atoms with Crippen molar-refractivity contribution in [3.63, 3.8) is 0 Å². The number of carbonyl (C=O) groups is 4. The zero-order chi connectivity index (χ0) is 34.7. The molecule has 2 N–H and O–H groups in total. The second kappa shape index (κ2) is 14.7. The Hall–Kier alpha value is -4.28. The van der Waals surface area contributed by atoms with Crippen molar-refractivity contribution in [2.24, 2.45) is 11.8 Å². The number of allylic oxidation sites excluding steroid dienone is 1. The van der Waals surface area contributed by atoms with E-state index in [2.05, 4.69) is 5.32 Å². The van der Waals surface area contributed by atoms with E-state index < -0.39 is 47.7 Å². The highest BCUT2D eigenvalue weighted by atomic mass is 16.6. The summed E-state index contributed by atoms with van der Waals surface area (Å²) in [6, 6.07) is 13.6. The first kappa shape index (κ1) is 34.6. The molecule has 4 heterocycles. The predicted octanol–water partition coefficient (Wildman–Crippen LogP) is 4.48. The number of aliphatic hydroxyl groups excluding tert-OH is 1. The maximum atomic E-state index is 14.9. The molecule has 0 unspecified atom stereocenters. The van der Waals surface area contributed by atoms with Crippen molar-refractivity contribution < 1.29 is 33.8 Å². The van der Waals surface area contributed by atoms with E-state index in [9.17, 15) is 24.3 Å². The molecule has 49 heavy (non-hydrogen) atoms. The fourth-order valence-corrected chi connectivity index (χ4v) is 8.12. The molecule has 3 amide bonds. The van der Waals surface area contributed by atoms with Crippen molar-refractivity contribution in [1.29, 1.82) is 0 Å². The van der Waals surface area contributed by atoms with Crippen molar-refractivity contribution in [3.05, 3.63) is 89.5 Å². The molecule has 10 nitrogen and oxygen atoms in total. The fourth-order valence-electron chi connectivity index (χ4n) is 8.12. The maximum absolute atomic E-state index is 14.9. The van der Waals surface area contributed by atoms with Crippen molar-refractivity contribution >= 4 is 29.4 Å². The standard InChI is InChI=1S/C39H47N3O7/c1-25-15-13-16-26(2)33(25)41-23-14-21-39-32(36(45)42(35(39)37(41)46)22-11-4-5-12-24-43)31-29(49-39)19-9-10-20-30(44)40-27(3)34(48-38(31)47)28-17-7-6-8-18-28/h6-9,13-19,21,27,29,31-32,34-35,43H,4-5,10-12,20,22-24H2,1-3H3,(H,40,44)/b19-9-/t27-,29-,31+,32+,34+,35-,39+/m1/s1. The van der Waals surface area contributed by atoms with Crippen LogP contribution in [-0.4, -0.2) is 77.2 Å². The molecule has 4 aliphatic rings. The number of amides is 3. The van der Waals surface area contributed by atoms with Crippen LogP contribution in [0.4, 0.5) is 5.69 Å². The number of cyclic esters (lactones) is 1. The molecule has 1 spiro atoms. The molecule has 260 valence electrons. The number of esters is 1. The van der Waals surface area contributed by atoms with Gasteiger partial charge in [0.25, 0.3) is 5.91 Å². The molecule has 4 aliphatic heterocycles. The van der Waals surface area contributed by atoms with Gasteiger partial charge in [-0.1, -0.05) is 85.7 Å². The van der Waals surface area contributed by atoms with E-state index in [1.165, 1.54) is 0 Å². The van der Waals surface area contributed by atoms with Crippen molar-refractivity contribution in [2.45, 2.75) is 89.2 Å². The third-order valence-electron chi connectivity index (χ3n) is 10.4. The smallest absolute Gasteiger partial charge is 0.313 e. The number of rotatable bonds is 8. The zero-order valence-corrected chi connectivity index (χ0v) is 28.5. The molecule has 0 bridgehead atoms. The molecule has 6 rings (SSSR count). The van der Waals surface area contributed by atoms with Crippen molar-refractivity contribution in [1.82, 2.24) is 10.2 Å². The first-order valence-electron chi connectivity index (χ1n) is 17.5. The highest BCUT2D eigenvalue weighted by molar-refractivity contribution is 6.06. The van der Waals surface area contributed by atoms with Gasteiger partial charge >= 0.3 is 5.97 Å². The number of aliphatic hydroxyl groups is 1. The number of ether oxygens (including phenoxy) is 2. The lowest BCUT2D eigenvalue weighted by atomic mass is 9.77. The second-order valence-electron chi connectivity index (χ2n) is 13.7. The monoisotopic (exact) mass is 669 g/mol. The SMILES string of the molecule is Cc1cccc(C)c1N1CC=C[C@]23O[C@@H]4/C=C\CCC(=O)N[C@H](C)[C@@H](c5ccccc5)OC(=O)[C@@H]4[C@H]2C(=O)N(CCCCCCO)[C@@H]3C1=O. The lowest BCUT2D eigenvalue weighted by molar-refractivity contribution is -0.161. The van der Waals surface area contributed by atoms with E-state index in [-0.39, 0.29) is 37.3 Å². The van der Waals surface area contributed by atoms with Gasteiger partial charge in [-0.15, -0.1) is 0 Å². The van der Waals surface area contributed by atoms with E-state index in [1.54, 1.807) is 22.8 Å². The summed E-state index contributed by atoms with van der Waals surface area (Å²) in [5.41, 5.74) is 1.99. The summed E-state index contributed by atoms with van der Waals surface area (Å²) in [6.45, 7) is 6.44. The number of hydrogen-bond donors (Lipinski definition) is 2. The van der Waals surface area contributed by atoms with Gasteiger partial charge in [-0.25, -0.2) is 0 Å². The normalized spacial score (nSPS) is 30.8. The number of para-hydroxylation sites is 1. The average Bonchev–Trinajstić information content (AvgIpc) is 3.46. The number of benzene rings is 2. The molecule has 2 saturated heterocycles. The Kier molecular flexibility index (Phi) is 10.4. The van der Waals surface area contributed by atoms with E-state index in [4.69, 9.17) is 9.47 Å². The molecule has 0 aliphatic carbocycles. The third-order valence-corrected chi connectivity index (χ3v) is 10.4. The number of unbranched alkanes of at least 4 members (excludes halogenated alkanes) is 3. The molecule has 2 fully saturated rings. The van der Waals surface area contributed by atoms with E-state index in [0.717, 1.165) is 35.2 Å². The van der Waals surface area contributed by atoms with Gasteiger partial charge in [0, 0.05) is 31.8 Å².